The highest BCUT2D eigenvalue weighted by atomic mass is 32.1. The van der Waals surface area contributed by atoms with E-state index in [0.29, 0.717) is 0 Å². The number of rotatable bonds is 0. The van der Waals surface area contributed by atoms with Gasteiger partial charge in [-0.2, -0.15) is 0 Å². The largest absolute Gasteiger partial charge is 0.0890 e. The van der Waals surface area contributed by atoms with Crippen LogP contribution in [0.15, 0.2) is 0 Å². The molecule has 0 spiro atoms. The molecule has 8 unspecified atom stereocenters. The minimum Gasteiger partial charge on any atom is -0.0890 e. The van der Waals surface area contributed by atoms with E-state index in [1.807, 2.05) is 0 Å². The van der Waals surface area contributed by atoms with Gasteiger partial charge in [-0.05, 0) is 60.2 Å². The van der Waals surface area contributed by atoms with E-state index in [-0.39, 0.29) is 0 Å². The molecule has 5 aliphatic carbocycles. The van der Waals surface area contributed by atoms with Crippen LogP contribution in [0.5, 0.6) is 0 Å². The quantitative estimate of drug-likeness (QED) is 0.510. The number of thiocarbonyl (C=S) groups is 1. The third-order valence-electron chi connectivity index (χ3n) is 6.02. The average molecular weight is 176 g/mol. The van der Waals surface area contributed by atoms with Crippen molar-refractivity contribution in [3.05, 3.63) is 0 Å². The standard InChI is InChI=1S/C11H12S/c12-11-8-4-2-5-7-3(4)1-6(8)9(7)10(5)11/h3-10H,1-2H2. The van der Waals surface area contributed by atoms with Gasteiger partial charge in [-0.15, -0.1) is 0 Å². The van der Waals surface area contributed by atoms with Crippen LogP contribution in [-0.2, 0) is 0 Å². The minimum absolute atomic E-state index is 0.954. The summed E-state index contributed by atoms with van der Waals surface area (Å²) in [6.07, 6.45) is 3.16. The summed E-state index contributed by atoms with van der Waals surface area (Å²) >= 11 is 5.63. The van der Waals surface area contributed by atoms with Gasteiger partial charge in [0.15, 0.2) is 0 Å². The highest BCUT2D eigenvalue weighted by Gasteiger charge is 2.79. The van der Waals surface area contributed by atoms with Gasteiger partial charge in [0, 0.05) is 4.86 Å². The van der Waals surface area contributed by atoms with Crippen molar-refractivity contribution < 1.29 is 0 Å². The molecule has 0 aromatic rings. The molecule has 0 aromatic heterocycles. The third kappa shape index (κ3) is 0.307. The van der Waals surface area contributed by atoms with Crippen molar-refractivity contribution in [2.45, 2.75) is 12.8 Å². The summed E-state index contributed by atoms with van der Waals surface area (Å²) in [4.78, 5) is 1.54. The van der Waals surface area contributed by atoms with Gasteiger partial charge in [0.05, 0.1) is 0 Å². The minimum atomic E-state index is 0.954. The molecular weight excluding hydrogens is 164 g/mol. The average Bonchev–Trinajstić information content (AvgIpc) is 2.47. The Balaban J connectivity index is 1.91. The molecule has 0 N–H and O–H groups in total. The SMILES string of the molecule is S=C1C2C3CC4C1C1C2CC3C41. The summed E-state index contributed by atoms with van der Waals surface area (Å²) < 4.78 is 0. The Bertz CT molecular complexity index is 315. The second kappa shape index (κ2) is 1.33. The Morgan fingerprint density at radius 2 is 1.58 bits per heavy atom. The lowest BCUT2D eigenvalue weighted by atomic mass is 9.60. The van der Waals surface area contributed by atoms with Crippen LogP contribution in [0.2, 0.25) is 0 Å². The Hall–Kier alpha value is 0.0900. The molecule has 12 heavy (non-hydrogen) atoms. The summed E-state index contributed by atoms with van der Waals surface area (Å²) in [5.41, 5.74) is 0. The van der Waals surface area contributed by atoms with E-state index in [4.69, 9.17) is 12.2 Å². The van der Waals surface area contributed by atoms with Crippen molar-refractivity contribution >= 4 is 17.1 Å². The van der Waals surface area contributed by atoms with E-state index >= 15 is 0 Å². The highest BCUT2D eigenvalue weighted by Crippen LogP contribution is 2.81. The van der Waals surface area contributed by atoms with Crippen LogP contribution in [-0.4, -0.2) is 4.86 Å². The summed E-state index contributed by atoms with van der Waals surface area (Å²) in [5.74, 6) is 8.67. The van der Waals surface area contributed by atoms with Crippen LogP contribution in [0.1, 0.15) is 12.8 Å². The van der Waals surface area contributed by atoms with E-state index < -0.39 is 0 Å². The number of fused-ring (bicyclic) bond motifs is 2. The Labute approximate surface area is 77.7 Å². The molecule has 0 saturated heterocycles. The zero-order chi connectivity index (χ0) is 7.61. The van der Waals surface area contributed by atoms with Gasteiger partial charge in [-0.1, -0.05) is 12.2 Å². The maximum atomic E-state index is 5.63. The number of hydrogen-bond donors (Lipinski definition) is 0. The van der Waals surface area contributed by atoms with Crippen LogP contribution < -0.4 is 0 Å². The molecule has 62 valence electrons. The van der Waals surface area contributed by atoms with E-state index in [2.05, 4.69) is 0 Å². The lowest BCUT2D eigenvalue weighted by Crippen LogP contribution is -2.43. The first-order chi connectivity index (χ1) is 5.88. The predicted octanol–water partition coefficient (Wildman–Crippen LogP) is 2.13. The van der Waals surface area contributed by atoms with Crippen LogP contribution in [0.3, 0.4) is 0 Å². The fourth-order valence-corrected chi connectivity index (χ4v) is 6.78. The molecule has 0 amide bonds. The molecular formula is C11H12S. The molecule has 0 nitrogen and oxygen atoms in total. The second-order valence-electron chi connectivity index (χ2n) is 5.74. The van der Waals surface area contributed by atoms with E-state index in [9.17, 15) is 0 Å². The van der Waals surface area contributed by atoms with Crippen molar-refractivity contribution in [1.82, 2.24) is 0 Å². The molecule has 0 aliphatic heterocycles. The van der Waals surface area contributed by atoms with E-state index in [1.165, 1.54) is 5.92 Å². The number of hydrogen-bond acceptors (Lipinski definition) is 1. The molecule has 8 atom stereocenters. The Kier molecular flexibility index (Phi) is 0.639. The fraction of sp³-hybridized carbons (Fsp3) is 0.909. The second-order valence-corrected chi connectivity index (χ2v) is 6.21. The molecule has 0 heterocycles. The van der Waals surface area contributed by atoms with Crippen molar-refractivity contribution in [2.24, 2.45) is 47.3 Å². The molecule has 5 aliphatic rings. The lowest BCUT2D eigenvalue weighted by Gasteiger charge is -2.44. The maximum absolute atomic E-state index is 5.63. The summed E-state index contributed by atoms with van der Waals surface area (Å²) in [6.45, 7) is 0. The lowest BCUT2D eigenvalue weighted by molar-refractivity contribution is 0.0510. The molecule has 1 heteroatoms. The first kappa shape index (κ1) is 5.74. The summed E-state index contributed by atoms with van der Waals surface area (Å²) in [6, 6.07) is 0. The van der Waals surface area contributed by atoms with Crippen LogP contribution in [0, 0.1) is 47.3 Å². The van der Waals surface area contributed by atoms with Gasteiger partial charge in [0.25, 0.3) is 0 Å². The van der Waals surface area contributed by atoms with Crippen molar-refractivity contribution in [1.29, 1.82) is 0 Å². The Morgan fingerprint density at radius 3 is 2.50 bits per heavy atom. The molecule has 0 aromatic carbocycles. The molecule has 5 saturated carbocycles. The molecule has 0 radical (unpaired) electrons. The van der Waals surface area contributed by atoms with Gasteiger partial charge < -0.3 is 0 Å². The van der Waals surface area contributed by atoms with Crippen molar-refractivity contribution in [3.63, 3.8) is 0 Å². The molecule has 5 rings (SSSR count). The van der Waals surface area contributed by atoms with Crippen molar-refractivity contribution in [3.8, 4) is 0 Å². The van der Waals surface area contributed by atoms with Gasteiger partial charge in [0.1, 0.15) is 0 Å². The van der Waals surface area contributed by atoms with Gasteiger partial charge in [-0.3, -0.25) is 0 Å². The van der Waals surface area contributed by atoms with Gasteiger partial charge >= 0.3 is 0 Å². The van der Waals surface area contributed by atoms with Crippen LogP contribution in [0.25, 0.3) is 0 Å². The highest BCUT2D eigenvalue weighted by molar-refractivity contribution is 7.80. The molecule has 2 bridgehead atoms. The van der Waals surface area contributed by atoms with Gasteiger partial charge in [0.2, 0.25) is 0 Å². The topological polar surface area (TPSA) is 0 Å². The normalized spacial score (nSPS) is 79.2. The predicted molar refractivity (Wildman–Crippen MR) is 49.8 cm³/mol. The first-order valence-corrected chi connectivity index (χ1v) is 5.82. The maximum Gasteiger partial charge on any atom is 0.000190 e. The fourth-order valence-electron chi connectivity index (χ4n) is 6.10. The van der Waals surface area contributed by atoms with Gasteiger partial charge in [-0.25, -0.2) is 0 Å². The summed E-state index contributed by atoms with van der Waals surface area (Å²) in [5, 5.41) is 0. The monoisotopic (exact) mass is 176 g/mol. The smallest absolute Gasteiger partial charge is 0.000190 e. The first-order valence-electron chi connectivity index (χ1n) is 5.41. The molecule has 5 fully saturated rings. The van der Waals surface area contributed by atoms with Crippen LogP contribution >= 0.6 is 12.2 Å². The van der Waals surface area contributed by atoms with E-state index in [1.54, 1.807) is 17.7 Å². The third-order valence-corrected chi connectivity index (χ3v) is 6.57. The van der Waals surface area contributed by atoms with Crippen LogP contribution in [0.4, 0.5) is 0 Å². The zero-order valence-corrected chi connectivity index (χ0v) is 7.76. The summed E-state index contributed by atoms with van der Waals surface area (Å²) in [7, 11) is 0. The zero-order valence-electron chi connectivity index (χ0n) is 6.94. The Morgan fingerprint density at radius 1 is 0.833 bits per heavy atom. The van der Waals surface area contributed by atoms with E-state index in [0.717, 1.165) is 41.4 Å². The van der Waals surface area contributed by atoms with Crippen molar-refractivity contribution in [2.75, 3.05) is 0 Å².